The lowest BCUT2D eigenvalue weighted by atomic mass is 10.3. The van der Waals surface area contributed by atoms with Crippen LogP contribution in [0.4, 0.5) is 5.95 Å². The SMILES string of the molecule is Nc1n[nH]c(=S)n1-c1ccc(Cl)cc1I. The van der Waals surface area contributed by atoms with Crippen molar-refractivity contribution in [3.63, 3.8) is 0 Å². The highest BCUT2D eigenvalue weighted by molar-refractivity contribution is 14.1. The summed E-state index contributed by atoms with van der Waals surface area (Å²) in [5.74, 6) is 0.334. The number of nitrogens with two attached hydrogens (primary N) is 1. The molecular formula is C8H6ClIN4S. The molecule has 0 aliphatic heterocycles. The average Bonchev–Trinajstić information content (AvgIpc) is 2.48. The van der Waals surface area contributed by atoms with Gasteiger partial charge in [-0.3, -0.25) is 4.57 Å². The summed E-state index contributed by atoms with van der Waals surface area (Å²) in [6.07, 6.45) is 0. The van der Waals surface area contributed by atoms with Gasteiger partial charge in [-0.05, 0) is 53.0 Å². The molecular weight excluding hydrogens is 347 g/mol. The van der Waals surface area contributed by atoms with Gasteiger partial charge in [-0.1, -0.05) is 11.6 Å². The van der Waals surface area contributed by atoms with Gasteiger partial charge in [-0.25, -0.2) is 5.10 Å². The number of aromatic amines is 1. The molecule has 0 radical (unpaired) electrons. The van der Waals surface area contributed by atoms with Crippen molar-refractivity contribution < 1.29 is 0 Å². The molecule has 1 aromatic carbocycles. The summed E-state index contributed by atoms with van der Waals surface area (Å²) in [5, 5.41) is 7.15. The molecule has 2 aromatic rings. The molecule has 0 saturated heterocycles. The minimum Gasteiger partial charge on any atom is -0.368 e. The number of nitrogens with one attached hydrogen (secondary N) is 1. The van der Waals surface area contributed by atoms with Crippen molar-refractivity contribution in [2.24, 2.45) is 0 Å². The van der Waals surface area contributed by atoms with Crippen molar-refractivity contribution in [1.29, 1.82) is 0 Å². The van der Waals surface area contributed by atoms with Crippen molar-refractivity contribution in [3.05, 3.63) is 31.6 Å². The fraction of sp³-hybridized carbons (Fsp3) is 0. The monoisotopic (exact) mass is 352 g/mol. The number of benzene rings is 1. The van der Waals surface area contributed by atoms with Gasteiger partial charge in [-0.15, -0.1) is 5.10 Å². The van der Waals surface area contributed by atoms with Crippen LogP contribution in [0.15, 0.2) is 18.2 Å². The quantitative estimate of drug-likeness (QED) is 0.613. The Morgan fingerprint density at radius 3 is 2.80 bits per heavy atom. The van der Waals surface area contributed by atoms with Gasteiger partial charge in [0.25, 0.3) is 0 Å². The van der Waals surface area contributed by atoms with Crippen molar-refractivity contribution in [1.82, 2.24) is 14.8 Å². The number of nitrogens with zero attached hydrogens (tertiary/aromatic N) is 2. The number of rotatable bonds is 1. The summed E-state index contributed by atoms with van der Waals surface area (Å²) in [6, 6.07) is 5.48. The third kappa shape index (κ3) is 2.01. The van der Waals surface area contributed by atoms with Crippen LogP contribution in [0.25, 0.3) is 5.69 Å². The van der Waals surface area contributed by atoms with Crippen LogP contribution < -0.4 is 5.73 Å². The Kier molecular flexibility index (Phi) is 2.98. The van der Waals surface area contributed by atoms with Crippen LogP contribution in [-0.4, -0.2) is 14.8 Å². The Hall–Kier alpha value is -0.600. The summed E-state index contributed by atoms with van der Waals surface area (Å²) in [6.45, 7) is 0. The van der Waals surface area contributed by atoms with Crippen LogP contribution in [0.3, 0.4) is 0 Å². The minimum absolute atomic E-state index is 0.334. The third-order valence-corrected chi connectivity index (χ3v) is 3.22. The molecule has 3 N–H and O–H groups in total. The molecule has 78 valence electrons. The summed E-state index contributed by atoms with van der Waals surface area (Å²) < 4.78 is 3.09. The molecule has 0 atom stereocenters. The van der Waals surface area contributed by atoms with E-state index in [0.717, 1.165) is 9.26 Å². The Morgan fingerprint density at radius 1 is 1.53 bits per heavy atom. The van der Waals surface area contributed by atoms with Crippen LogP contribution >= 0.6 is 46.4 Å². The predicted octanol–water partition coefficient (Wildman–Crippen LogP) is 2.77. The van der Waals surface area contributed by atoms with Crippen molar-refractivity contribution in [3.8, 4) is 5.69 Å². The van der Waals surface area contributed by atoms with E-state index in [9.17, 15) is 0 Å². The van der Waals surface area contributed by atoms with Crippen LogP contribution in [0, 0.1) is 8.34 Å². The van der Waals surface area contributed by atoms with E-state index in [1.165, 1.54) is 0 Å². The zero-order valence-electron chi connectivity index (χ0n) is 7.37. The molecule has 15 heavy (non-hydrogen) atoms. The summed E-state index contributed by atoms with van der Waals surface area (Å²) in [7, 11) is 0. The lowest BCUT2D eigenvalue weighted by molar-refractivity contribution is 1.03. The first-order chi connectivity index (χ1) is 7.09. The zero-order valence-corrected chi connectivity index (χ0v) is 11.1. The van der Waals surface area contributed by atoms with Gasteiger partial charge in [0.1, 0.15) is 0 Å². The second-order valence-corrected chi connectivity index (χ2v) is 4.80. The average molecular weight is 353 g/mol. The first-order valence-electron chi connectivity index (χ1n) is 3.98. The maximum atomic E-state index is 5.86. The third-order valence-electron chi connectivity index (χ3n) is 1.85. The lowest BCUT2D eigenvalue weighted by Gasteiger charge is -2.06. The first kappa shape index (κ1) is 10.9. The molecule has 0 saturated carbocycles. The van der Waals surface area contributed by atoms with Crippen LogP contribution in [-0.2, 0) is 0 Å². The molecule has 2 rings (SSSR count). The highest BCUT2D eigenvalue weighted by atomic mass is 127. The molecule has 1 heterocycles. The Morgan fingerprint density at radius 2 is 2.27 bits per heavy atom. The fourth-order valence-corrected chi connectivity index (χ4v) is 2.55. The molecule has 4 nitrogen and oxygen atoms in total. The number of nitrogen functional groups attached to an aromatic ring is 1. The van der Waals surface area contributed by atoms with Gasteiger partial charge in [-0.2, -0.15) is 0 Å². The summed E-state index contributed by atoms with van der Waals surface area (Å²) >= 11 is 13.1. The molecule has 0 aliphatic carbocycles. The molecule has 0 unspecified atom stereocenters. The Labute approximate surface area is 110 Å². The highest BCUT2D eigenvalue weighted by Crippen LogP contribution is 2.23. The van der Waals surface area contributed by atoms with Gasteiger partial charge in [0.05, 0.1) is 5.69 Å². The standard InChI is InChI=1S/C8H6ClIN4S/c9-4-1-2-6(5(10)3-4)14-7(11)12-13-8(14)15/h1-3H,(H2,11,12)(H,13,15). The van der Waals surface area contributed by atoms with E-state index in [1.807, 2.05) is 12.1 Å². The number of hydrogen-bond acceptors (Lipinski definition) is 3. The van der Waals surface area contributed by atoms with E-state index in [-0.39, 0.29) is 0 Å². The van der Waals surface area contributed by atoms with E-state index in [2.05, 4.69) is 32.8 Å². The summed E-state index contributed by atoms with van der Waals surface area (Å²) in [4.78, 5) is 0. The lowest BCUT2D eigenvalue weighted by Crippen LogP contribution is -2.02. The summed E-state index contributed by atoms with van der Waals surface area (Å²) in [5.41, 5.74) is 6.57. The second kappa shape index (κ2) is 4.11. The Bertz CT molecular complexity index is 562. The smallest absolute Gasteiger partial charge is 0.225 e. The van der Waals surface area contributed by atoms with Gasteiger partial charge in [0, 0.05) is 8.59 Å². The van der Waals surface area contributed by atoms with Gasteiger partial charge >= 0.3 is 0 Å². The first-order valence-corrected chi connectivity index (χ1v) is 5.84. The van der Waals surface area contributed by atoms with Gasteiger partial charge in [0.2, 0.25) is 10.7 Å². The highest BCUT2D eigenvalue weighted by Gasteiger charge is 2.08. The van der Waals surface area contributed by atoms with E-state index < -0.39 is 0 Å². The van der Waals surface area contributed by atoms with E-state index in [4.69, 9.17) is 29.6 Å². The number of halogens is 2. The predicted molar refractivity (Wildman–Crippen MR) is 70.9 cm³/mol. The molecule has 0 amide bonds. The largest absolute Gasteiger partial charge is 0.368 e. The fourth-order valence-electron chi connectivity index (χ4n) is 1.20. The molecule has 0 spiro atoms. The molecule has 1 aromatic heterocycles. The minimum atomic E-state index is 0.334. The van der Waals surface area contributed by atoms with Crippen molar-refractivity contribution >= 4 is 52.4 Å². The van der Waals surface area contributed by atoms with Gasteiger partial charge in [0.15, 0.2) is 0 Å². The van der Waals surface area contributed by atoms with E-state index in [1.54, 1.807) is 10.6 Å². The maximum absolute atomic E-state index is 5.86. The second-order valence-electron chi connectivity index (χ2n) is 2.82. The maximum Gasteiger partial charge on any atom is 0.225 e. The molecule has 0 fully saturated rings. The van der Waals surface area contributed by atoms with E-state index >= 15 is 0 Å². The topological polar surface area (TPSA) is 59.6 Å². The molecule has 0 aliphatic rings. The number of anilines is 1. The van der Waals surface area contributed by atoms with Crippen molar-refractivity contribution in [2.75, 3.05) is 5.73 Å². The molecule has 7 heteroatoms. The van der Waals surface area contributed by atoms with Crippen LogP contribution in [0.1, 0.15) is 0 Å². The van der Waals surface area contributed by atoms with Crippen molar-refractivity contribution in [2.45, 2.75) is 0 Å². The Balaban J connectivity index is 2.69. The number of aromatic nitrogens is 3. The van der Waals surface area contributed by atoms with Gasteiger partial charge < -0.3 is 5.73 Å². The normalized spacial score (nSPS) is 10.5. The number of hydrogen-bond donors (Lipinski definition) is 2. The van der Waals surface area contributed by atoms with E-state index in [0.29, 0.717) is 15.7 Å². The zero-order chi connectivity index (χ0) is 11.0. The van der Waals surface area contributed by atoms with Crippen LogP contribution in [0.2, 0.25) is 5.02 Å². The van der Waals surface area contributed by atoms with Crippen LogP contribution in [0.5, 0.6) is 0 Å². The number of H-pyrrole nitrogens is 1. The molecule has 0 bridgehead atoms.